The number of nitrogens with zero attached hydrogens (tertiary/aromatic N) is 4. The van der Waals surface area contributed by atoms with Crippen LogP contribution in [0.3, 0.4) is 0 Å². The summed E-state index contributed by atoms with van der Waals surface area (Å²) in [5, 5.41) is 6.36. The molecule has 1 N–H and O–H groups in total. The SMILES string of the molecule is c1n[nH]c(-c2cnsn2)n1. The number of aromatic amines is 1. The van der Waals surface area contributed by atoms with Gasteiger partial charge >= 0.3 is 0 Å². The lowest BCUT2D eigenvalue weighted by Gasteiger charge is -1.80. The molecule has 0 aliphatic heterocycles. The minimum Gasteiger partial charge on any atom is -0.258 e. The molecule has 6 heteroatoms. The zero-order valence-electron chi connectivity index (χ0n) is 4.85. The van der Waals surface area contributed by atoms with Crippen molar-refractivity contribution < 1.29 is 0 Å². The van der Waals surface area contributed by atoms with Crippen LogP contribution in [-0.4, -0.2) is 23.9 Å². The third-order valence-electron chi connectivity index (χ3n) is 1.02. The van der Waals surface area contributed by atoms with Crippen LogP contribution in [0, 0.1) is 0 Å². The van der Waals surface area contributed by atoms with Crippen LogP contribution in [0.2, 0.25) is 0 Å². The highest BCUT2D eigenvalue weighted by molar-refractivity contribution is 6.99. The first-order valence-corrected chi connectivity index (χ1v) is 3.33. The number of rotatable bonds is 1. The minimum atomic E-state index is 0.661. The average molecular weight is 153 g/mol. The van der Waals surface area contributed by atoms with Crippen molar-refractivity contribution in [2.75, 3.05) is 0 Å². The van der Waals surface area contributed by atoms with Gasteiger partial charge in [0.05, 0.1) is 17.9 Å². The molecule has 0 spiro atoms. The van der Waals surface area contributed by atoms with Crippen molar-refractivity contribution in [1.82, 2.24) is 23.9 Å². The Morgan fingerprint density at radius 2 is 2.50 bits per heavy atom. The van der Waals surface area contributed by atoms with Gasteiger partial charge in [0.2, 0.25) is 0 Å². The van der Waals surface area contributed by atoms with Gasteiger partial charge in [-0.25, -0.2) is 4.98 Å². The fraction of sp³-hybridized carbons (Fsp3) is 0. The van der Waals surface area contributed by atoms with Gasteiger partial charge in [0.25, 0.3) is 0 Å². The van der Waals surface area contributed by atoms with E-state index in [1.807, 2.05) is 0 Å². The van der Waals surface area contributed by atoms with Gasteiger partial charge in [-0.15, -0.1) is 0 Å². The molecule has 0 unspecified atom stereocenters. The fourth-order valence-corrected chi connectivity index (χ4v) is 1.01. The van der Waals surface area contributed by atoms with Crippen LogP contribution in [0.5, 0.6) is 0 Å². The number of hydrogen-bond acceptors (Lipinski definition) is 5. The van der Waals surface area contributed by atoms with Gasteiger partial charge in [0.15, 0.2) is 5.82 Å². The third-order valence-corrected chi connectivity index (χ3v) is 1.50. The number of aromatic nitrogens is 5. The van der Waals surface area contributed by atoms with Crippen molar-refractivity contribution in [3.8, 4) is 11.5 Å². The van der Waals surface area contributed by atoms with Crippen molar-refractivity contribution in [2.24, 2.45) is 0 Å². The predicted octanol–water partition coefficient (Wildman–Crippen LogP) is 0.323. The van der Waals surface area contributed by atoms with Gasteiger partial charge in [0, 0.05) is 0 Å². The molecule has 0 bridgehead atoms. The van der Waals surface area contributed by atoms with E-state index in [0.717, 1.165) is 17.4 Å². The topological polar surface area (TPSA) is 67.3 Å². The summed E-state index contributed by atoms with van der Waals surface area (Å²) in [5.74, 6) is 0.661. The zero-order valence-corrected chi connectivity index (χ0v) is 5.67. The van der Waals surface area contributed by atoms with E-state index in [2.05, 4.69) is 23.9 Å². The molecule has 0 aromatic carbocycles. The number of hydrogen-bond donors (Lipinski definition) is 1. The molecule has 0 saturated carbocycles. The lowest BCUT2D eigenvalue weighted by molar-refractivity contribution is 1.09. The predicted molar refractivity (Wildman–Crippen MR) is 35.3 cm³/mol. The summed E-state index contributed by atoms with van der Waals surface area (Å²) in [6.45, 7) is 0. The van der Waals surface area contributed by atoms with Crippen molar-refractivity contribution >= 4 is 11.7 Å². The molecule has 2 aromatic heterocycles. The molecule has 5 nitrogen and oxygen atoms in total. The molecule has 2 rings (SSSR count). The van der Waals surface area contributed by atoms with E-state index in [1.165, 1.54) is 6.33 Å². The standard InChI is InChI=1S/C4H3N5S/c1-3(9-10-7-1)4-5-2-6-8-4/h1-2H,(H,5,6,8). The second-order valence-electron chi connectivity index (χ2n) is 1.63. The van der Waals surface area contributed by atoms with Crippen LogP contribution in [0.4, 0.5) is 0 Å². The largest absolute Gasteiger partial charge is 0.258 e. The van der Waals surface area contributed by atoms with Gasteiger partial charge in [-0.2, -0.15) is 13.8 Å². The van der Waals surface area contributed by atoms with Crippen LogP contribution in [0.15, 0.2) is 12.5 Å². The van der Waals surface area contributed by atoms with E-state index in [9.17, 15) is 0 Å². The molecular weight excluding hydrogens is 150 g/mol. The Hall–Kier alpha value is -1.30. The molecule has 0 amide bonds. The molecule has 0 radical (unpaired) electrons. The fourth-order valence-electron chi connectivity index (χ4n) is 0.598. The van der Waals surface area contributed by atoms with Crippen LogP contribution < -0.4 is 0 Å². The van der Waals surface area contributed by atoms with Crippen LogP contribution in [0.1, 0.15) is 0 Å². The maximum absolute atomic E-state index is 3.96. The molecule has 0 aliphatic rings. The molecule has 0 atom stereocenters. The quantitative estimate of drug-likeness (QED) is 0.640. The van der Waals surface area contributed by atoms with E-state index >= 15 is 0 Å². The minimum absolute atomic E-state index is 0.661. The van der Waals surface area contributed by atoms with Crippen LogP contribution in [0.25, 0.3) is 11.5 Å². The average Bonchev–Trinajstić information content (AvgIpc) is 2.59. The van der Waals surface area contributed by atoms with Crippen molar-refractivity contribution in [3.05, 3.63) is 12.5 Å². The number of H-pyrrole nitrogens is 1. The van der Waals surface area contributed by atoms with E-state index in [0.29, 0.717) is 5.82 Å². The van der Waals surface area contributed by atoms with Crippen LogP contribution in [-0.2, 0) is 0 Å². The lowest BCUT2D eigenvalue weighted by Crippen LogP contribution is -1.77. The smallest absolute Gasteiger partial charge is 0.176 e. The van der Waals surface area contributed by atoms with Gasteiger partial charge in [-0.05, 0) is 0 Å². The van der Waals surface area contributed by atoms with E-state index in [4.69, 9.17) is 0 Å². The highest BCUT2D eigenvalue weighted by Crippen LogP contribution is 2.08. The monoisotopic (exact) mass is 153 g/mol. The van der Waals surface area contributed by atoms with Gasteiger partial charge < -0.3 is 0 Å². The Bertz CT molecular complexity index is 253. The first kappa shape index (κ1) is 5.48. The van der Waals surface area contributed by atoms with Gasteiger partial charge in [-0.1, -0.05) is 0 Å². The van der Waals surface area contributed by atoms with Crippen molar-refractivity contribution in [2.45, 2.75) is 0 Å². The molecular formula is C4H3N5S. The molecule has 2 aromatic rings. The summed E-state index contributed by atoms with van der Waals surface area (Å²) in [5.41, 5.74) is 0.738. The Balaban J connectivity index is 2.48. The van der Waals surface area contributed by atoms with Crippen molar-refractivity contribution in [3.63, 3.8) is 0 Å². The summed E-state index contributed by atoms with van der Waals surface area (Å²) in [6, 6.07) is 0. The Labute approximate surface area is 60.5 Å². The molecule has 2 heterocycles. The Morgan fingerprint density at radius 3 is 3.10 bits per heavy atom. The second-order valence-corrected chi connectivity index (χ2v) is 2.18. The van der Waals surface area contributed by atoms with E-state index < -0.39 is 0 Å². The van der Waals surface area contributed by atoms with Gasteiger partial charge in [-0.3, -0.25) is 5.10 Å². The molecule has 0 saturated heterocycles. The maximum atomic E-state index is 3.96. The Kier molecular flexibility index (Phi) is 1.17. The highest BCUT2D eigenvalue weighted by Gasteiger charge is 2.01. The highest BCUT2D eigenvalue weighted by atomic mass is 32.1. The maximum Gasteiger partial charge on any atom is 0.176 e. The van der Waals surface area contributed by atoms with E-state index in [-0.39, 0.29) is 0 Å². The first-order chi connectivity index (χ1) is 4.97. The summed E-state index contributed by atoms with van der Waals surface area (Å²) in [7, 11) is 0. The molecule has 50 valence electrons. The second kappa shape index (κ2) is 2.14. The first-order valence-electron chi connectivity index (χ1n) is 2.60. The summed E-state index contributed by atoms with van der Waals surface area (Å²) in [4.78, 5) is 3.90. The summed E-state index contributed by atoms with van der Waals surface area (Å²) < 4.78 is 7.78. The summed E-state index contributed by atoms with van der Waals surface area (Å²) >= 11 is 1.15. The normalized spacial score (nSPS) is 10.0. The van der Waals surface area contributed by atoms with Crippen LogP contribution >= 0.6 is 11.7 Å². The molecule has 0 fully saturated rings. The zero-order chi connectivity index (χ0) is 6.81. The summed E-state index contributed by atoms with van der Waals surface area (Å²) in [6.07, 6.45) is 3.08. The third kappa shape index (κ3) is 0.781. The molecule has 10 heavy (non-hydrogen) atoms. The van der Waals surface area contributed by atoms with Gasteiger partial charge in [0.1, 0.15) is 12.0 Å². The van der Waals surface area contributed by atoms with E-state index in [1.54, 1.807) is 6.20 Å². The number of nitrogens with one attached hydrogen (secondary N) is 1. The lowest BCUT2D eigenvalue weighted by atomic mass is 10.5. The Morgan fingerprint density at radius 1 is 1.50 bits per heavy atom. The van der Waals surface area contributed by atoms with Crippen molar-refractivity contribution in [1.29, 1.82) is 0 Å². The molecule has 0 aliphatic carbocycles.